The Morgan fingerprint density at radius 1 is 0.385 bits per heavy atom. The van der Waals surface area contributed by atoms with Crippen LogP contribution in [0, 0.1) is 0 Å². The molecule has 4 aromatic rings. The predicted molar refractivity (Wildman–Crippen MR) is 325 cm³/mol. The van der Waals surface area contributed by atoms with Crippen molar-refractivity contribution in [3.8, 4) is 0 Å². The Bertz CT molecular complexity index is 2110. The van der Waals surface area contributed by atoms with Crippen molar-refractivity contribution >= 4 is 98.2 Å². The maximum atomic E-state index is 3.02. The molecule has 65 heavy (non-hydrogen) atoms. The van der Waals surface area contributed by atoms with E-state index in [-0.39, 0.29) is 4.08 Å². The first-order chi connectivity index (χ1) is 29.5. The Morgan fingerprint density at radius 2 is 0.692 bits per heavy atom. The summed E-state index contributed by atoms with van der Waals surface area (Å²) in [5, 5.41) is 1.95. The number of hydrogen-bond acceptors (Lipinski definition) is 3. The van der Waals surface area contributed by atoms with Crippen LogP contribution in [0.2, 0.25) is 118 Å². The fraction of sp³-hybridized carbons (Fsp3) is 0.564. The van der Waals surface area contributed by atoms with Crippen LogP contribution in [0.15, 0.2) is 84.9 Å². The second-order valence-electron chi connectivity index (χ2n) is 27.3. The third kappa shape index (κ3) is 11.6. The van der Waals surface area contributed by atoms with Crippen molar-refractivity contribution in [3.05, 3.63) is 129 Å². The summed E-state index contributed by atoms with van der Waals surface area (Å²) in [6, 6.07) is 35.1. The molecule has 1 saturated heterocycles. The molecule has 1 atom stereocenters. The van der Waals surface area contributed by atoms with Gasteiger partial charge in [-0.25, -0.2) is 0 Å². The molecule has 10 heteroatoms. The van der Waals surface area contributed by atoms with Gasteiger partial charge in [0, 0.05) is 0 Å². The zero-order valence-electron chi connectivity index (χ0n) is 45.8. The molecule has 0 aliphatic carbocycles. The molecule has 0 amide bonds. The van der Waals surface area contributed by atoms with Gasteiger partial charge in [0.05, 0.1) is 0 Å². The summed E-state index contributed by atoms with van der Waals surface area (Å²) in [4.78, 5) is 0. The molecule has 358 valence electrons. The quantitative estimate of drug-likeness (QED) is 0.0811. The van der Waals surface area contributed by atoms with Gasteiger partial charge in [-0.05, 0) is 0 Å². The molecule has 5 rings (SSSR count). The Labute approximate surface area is 420 Å². The number of hydrogen-bond donors (Lipinski definition) is 0. The summed E-state index contributed by atoms with van der Waals surface area (Å²) in [6.07, 6.45) is 0. The zero-order valence-corrected chi connectivity index (χ0v) is 56.3. The molecule has 1 unspecified atom stereocenters. The number of benzene rings is 4. The van der Waals surface area contributed by atoms with Crippen LogP contribution in [0.1, 0.15) is 119 Å². The van der Waals surface area contributed by atoms with Crippen molar-refractivity contribution in [1.29, 1.82) is 0 Å². The van der Waals surface area contributed by atoms with Crippen LogP contribution in [-0.4, -0.2) is 59.4 Å². The van der Waals surface area contributed by atoms with E-state index in [1.807, 2.05) is 19.9 Å². The summed E-state index contributed by atoms with van der Waals surface area (Å²) in [6.45, 7) is 64.3. The SMILES string of the molecule is CC(C)c1cc(C(C)C)[c]([Ge]2([c]3c(C([Si](C)(C)C)[Si](C)(C)C)cc(C([Si](C)(C)C)[Si](C)(C)C)cc3C([Si](C)(C)C)[Si](C)(C)C)[S]SC(c3ccccc3)(c3ccccc3)[S]2)c(C(C)C)c1. The summed E-state index contributed by atoms with van der Waals surface area (Å²) in [5.41, 5.74) is 13.2. The van der Waals surface area contributed by atoms with Crippen molar-refractivity contribution in [2.45, 2.75) is 197 Å². The van der Waals surface area contributed by atoms with Crippen LogP contribution in [0.3, 0.4) is 0 Å². The van der Waals surface area contributed by atoms with Gasteiger partial charge in [0.1, 0.15) is 0 Å². The first-order valence-corrected chi connectivity index (χ1v) is 56.7. The van der Waals surface area contributed by atoms with E-state index in [2.05, 4.69) is 274 Å². The van der Waals surface area contributed by atoms with Crippen molar-refractivity contribution in [1.82, 2.24) is 0 Å². The fourth-order valence-electron chi connectivity index (χ4n) is 13.2. The molecule has 0 bridgehead atoms. The molecule has 0 radical (unpaired) electrons. The average Bonchev–Trinajstić information content (AvgIpc) is 3.53. The van der Waals surface area contributed by atoms with Crippen molar-refractivity contribution < 1.29 is 0 Å². The minimum atomic E-state index is -3.82. The average molecular weight is 1090 g/mol. The fourth-order valence-corrected chi connectivity index (χ4v) is 92.9. The van der Waals surface area contributed by atoms with Gasteiger partial charge in [-0.2, -0.15) is 0 Å². The van der Waals surface area contributed by atoms with Gasteiger partial charge in [-0.15, -0.1) is 0 Å². The molecule has 1 aliphatic rings. The molecule has 4 aromatic carbocycles. The van der Waals surface area contributed by atoms with E-state index in [1.165, 1.54) is 16.7 Å². The van der Waals surface area contributed by atoms with Crippen molar-refractivity contribution in [2.75, 3.05) is 0 Å². The van der Waals surface area contributed by atoms with E-state index < -0.39 is 59.4 Å². The molecule has 1 heterocycles. The molecule has 0 aromatic heterocycles. The van der Waals surface area contributed by atoms with Crippen LogP contribution in [0.4, 0.5) is 0 Å². The van der Waals surface area contributed by atoms with Crippen molar-refractivity contribution in [3.63, 3.8) is 0 Å². The van der Waals surface area contributed by atoms with Crippen LogP contribution in [0.5, 0.6) is 0 Å². The van der Waals surface area contributed by atoms with E-state index >= 15 is 0 Å². The van der Waals surface area contributed by atoms with Gasteiger partial charge in [-0.3, -0.25) is 0 Å². The second kappa shape index (κ2) is 19.8. The molecule has 1 aliphatic heterocycles. The normalized spacial score (nSPS) is 18.1. The molecule has 0 spiro atoms. The van der Waals surface area contributed by atoms with Crippen LogP contribution >= 0.6 is 30.0 Å². The van der Waals surface area contributed by atoms with Gasteiger partial charge in [-0.1, -0.05) is 0 Å². The van der Waals surface area contributed by atoms with E-state index in [0.29, 0.717) is 33.2 Å². The summed E-state index contributed by atoms with van der Waals surface area (Å²) >= 11 is 0. The number of rotatable bonds is 16. The summed E-state index contributed by atoms with van der Waals surface area (Å²) < 4.78 is 3.49. The Hall–Kier alpha value is -0.226. The van der Waals surface area contributed by atoms with Gasteiger partial charge in [0.25, 0.3) is 0 Å². The molecular weight excluding hydrogens is 998 g/mol. The first kappa shape index (κ1) is 55.7. The standard InChI is InChI=1S/C55H92GeS3Si6/c1-39(2)42-35-46(40(3)4)50(47(36-42)41(5)6)56(57-55(58-59-56,44-31-27-25-28-32-44)45-33-29-26-30-34-45)51-48(53(62(13,14)15)63(16,17)18)37-43(52(60(7,8)9)61(10,11)12)38-49(51)54(64(19,20)21)65(22,23)24/h25-41,52-54H,1-24H3. The maximum absolute atomic E-state index is 3.82. The molecular formula is C55H92GeS3Si6. The summed E-state index contributed by atoms with van der Waals surface area (Å²) in [7, 11) is -7.22. The Kier molecular flexibility index (Phi) is 16.9. The predicted octanol–water partition coefficient (Wildman–Crippen LogP) is 18.2. The van der Waals surface area contributed by atoms with E-state index in [0.717, 1.165) is 0 Å². The van der Waals surface area contributed by atoms with Crippen LogP contribution < -0.4 is 8.79 Å². The Morgan fingerprint density at radius 3 is 0.985 bits per heavy atom. The van der Waals surface area contributed by atoms with Gasteiger partial charge in [0.15, 0.2) is 0 Å². The third-order valence-corrected chi connectivity index (χ3v) is 71.1. The Balaban J connectivity index is 2.28. The zero-order chi connectivity index (χ0) is 49.3. The van der Waals surface area contributed by atoms with Crippen LogP contribution in [0.25, 0.3) is 0 Å². The van der Waals surface area contributed by atoms with E-state index in [1.54, 1.807) is 16.7 Å². The minimum absolute atomic E-state index is 0.250. The molecule has 0 nitrogen and oxygen atoms in total. The van der Waals surface area contributed by atoms with E-state index in [9.17, 15) is 0 Å². The summed E-state index contributed by atoms with van der Waals surface area (Å²) in [5.74, 6) is 1.31. The third-order valence-electron chi connectivity index (χ3n) is 14.0. The monoisotopic (exact) mass is 1090 g/mol. The molecule has 0 N–H and O–H groups in total. The van der Waals surface area contributed by atoms with Crippen LogP contribution in [-0.2, 0) is 4.08 Å². The van der Waals surface area contributed by atoms with Gasteiger partial charge < -0.3 is 0 Å². The first-order valence-electron chi connectivity index (χ1n) is 25.0. The van der Waals surface area contributed by atoms with Crippen molar-refractivity contribution in [2.24, 2.45) is 0 Å². The van der Waals surface area contributed by atoms with Gasteiger partial charge in [0.2, 0.25) is 0 Å². The molecule has 1 fully saturated rings. The molecule has 0 saturated carbocycles. The van der Waals surface area contributed by atoms with Gasteiger partial charge >= 0.3 is 424 Å². The van der Waals surface area contributed by atoms with E-state index in [4.69, 9.17) is 0 Å². The topological polar surface area (TPSA) is 0 Å². The second-order valence-corrected chi connectivity index (χ2v) is 80.8.